The smallest absolute Gasteiger partial charge is 0.166 e. The van der Waals surface area contributed by atoms with Crippen LogP contribution in [-0.4, -0.2) is 4.57 Å². The lowest BCUT2D eigenvalue weighted by Crippen LogP contribution is -1.97. The minimum atomic E-state index is 1.05. The number of benzene rings is 6. The maximum Gasteiger partial charge on any atom is 0.166 e. The number of hydrogen-bond donors (Lipinski definition) is 1. The number of nitrogens with zero attached hydrogens (tertiary/aromatic N) is 1. The predicted molar refractivity (Wildman–Crippen MR) is 178 cm³/mol. The average Bonchev–Trinajstić information content (AvgIpc) is 3.41. The van der Waals surface area contributed by atoms with E-state index in [-0.39, 0.29) is 0 Å². The van der Waals surface area contributed by atoms with Crippen LogP contribution in [0.1, 0.15) is 11.3 Å². The number of allylic oxidation sites excluding steroid dienone is 2. The Morgan fingerprint density at radius 1 is 0.595 bits per heavy atom. The van der Waals surface area contributed by atoms with Gasteiger partial charge in [0.2, 0.25) is 0 Å². The molecule has 0 radical (unpaired) electrons. The van der Waals surface area contributed by atoms with Crippen molar-refractivity contribution in [2.24, 2.45) is 0 Å². The normalized spacial score (nSPS) is 11.9. The first-order valence-corrected chi connectivity index (χ1v) is 14.3. The zero-order chi connectivity index (χ0) is 27.9. The van der Waals surface area contributed by atoms with Crippen molar-refractivity contribution in [3.63, 3.8) is 0 Å². The Morgan fingerprint density at radius 2 is 1.36 bits per heavy atom. The van der Waals surface area contributed by atoms with Crippen LogP contribution in [0, 0.1) is 6.08 Å². The number of nitrogens with one attached hydrogen (secondary N) is 1. The molecule has 0 saturated carbocycles. The third-order valence-electron chi connectivity index (χ3n) is 8.12. The van der Waals surface area contributed by atoms with Gasteiger partial charge in [0, 0.05) is 11.8 Å². The zero-order valence-electron chi connectivity index (χ0n) is 23.0. The number of hydrogen-bond acceptors (Lipinski definition) is 1. The number of fused-ring (bicyclic) bond motifs is 4. The molecule has 1 aliphatic carbocycles. The van der Waals surface area contributed by atoms with Crippen molar-refractivity contribution in [2.75, 3.05) is 5.32 Å². The second-order valence-electron chi connectivity index (χ2n) is 10.6. The Labute approximate surface area is 245 Å². The number of anilines is 2. The lowest BCUT2D eigenvalue weighted by Gasteiger charge is -2.15. The van der Waals surface area contributed by atoms with Crippen LogP contribution in [0.2, 0.25) is 0 Å². The molecule has 7 aromatic rings. The van der Waals surface area contributed by atoms with Gasteiger partial charge in [-0.3, -0.25) is 4.57 Å². The van der Waals surface area contributed by atoms with Crippen molar-refractivity contribution >= 4 is 45.2 Å². The maximum atomic E-state index is 3.73. The molecule has 1 aliphatic rings. The molecule has 0 aliphatic heterocycles. The Bertz CT molecular complexity index is 2130. The molecule has 1 heterocycles. The third-order valence-corrected chi connectivity index (χ3v) is 8.12. The van der Waals surface area contributed by atoms with Crippen LogP contribution in [0.15, 0.2) is 146 Å². The molecule has 6 aromatic carbocycles. The summed E-state index contributed by atoms with van der Waals surface area (Å²) in [5.41, 5.74) is 11.7. The van der Waals surface area contributed by atoms with Gasteiger partial charge >= 0.3 is 0 Å². The summed E-state index contributed by atoms with van der Waals surface area (Å²) < 4.78 is 2.32. The summed E-state index contributed by atoms with van der Waals surface area (Å²) in [7, 11) is 0. The van der Waals surface area contributed by atoms with Crippen molar-refractivity contribution in [1.29, 1.82) is 0 Å². The number of rotatable bonds is 5. The molecule has 2 nitrogen and oxygen atoms in total. The minimum Gasteiger partial charge on any atom is -0.355 e. The van der Waals surface area contributed by atoms with Crippen LogP contribution >= 0.6 is 0 Å². The summed E-state index contributed by atoms with van der Waals surface area (Å²) in [4.78, 5) is 0. The van der Waals surface area contributed by atoms with Crippen LogP contribution in [-0.2, 0) is 0 Å². The van der Waals surface area contributed by atoms with Gasteiger partial charge in [-0.2, -0.15) is 0 Å². The number of aromatic nitrogens is 1. The first-order valence-electron chi connectivity index (χ1n) is 14.3. The van der Waals surface area contributed by atoms with E-state index in [1.165, 1.54) is 49.5 Å². The van der Waals surface area contributed by atoms with Crippen LogP contribution in [0.5, 0.6) is 0 Å². The highest BCUT2D eigenvalue weighted by atomic mass is 15.0. The highest BCUT2D eigenvalue weighted by Gasteiger charge is 2.25. The van der Waals surface area contributed by atoms with Crippen LogP contribution in [0.25, 0.3) is 61.8 Å². The van der Waals surface area contributed by atoms with Crippen molar-refractivity contribution in [3.8, 4) is 27.9 Å². The molecule has 1 aromatic heterocycles. The highest BCUT2D eigenvalue weighted by molar-refractivity contribution is 6.06. The van der Waals surface area contributed by atoms with Gasteiger partial charge in [-0.1, -0.05) is 103 Å². The molecule has 0 bridgehead atoms. The molecule has 0 saturated heterocycles. The van der Waals surface area contributed by atoms with E-state index in [2.05, 4.69) is 168 Å². The Balaban J connectivity index is 1.21. The minimum absolute atomic E-state index is 1.05. The van der Waals surface area contributed by atoms with E-state index in [0.717, 1.165) is 22.8 Å². The van der Waals surface area contributed by atoms with Crippen LogP contribution in [0.4, 0.5) is 11.4 Å². The van der Waals surface area contributed by atoms with E-state index in [1.807, 2.05) is 6.08 Å². The molecule has 0 fully saturated rings. The van der Waals surface area contributed by atoms with Gasteiger partial charge in [-0.15, -0.1) is 0 Å². The fourth-order valence-corrected chi connectivity index (χ4v) is 6.23. The van der Waals surface area contributed by atoms with Crippen LogP contribution in [0.3, 0.4) is 0 Å². The standard InChI is InChI=1S/C40H27N2/c1-3-13-30(14-4-1)39-33-17-8-7-12-28(33)24-27-34(39)29-22-25-31(26-23-29)41-36-19-11-21-38-40(36)35-18-9-10-20-37(35)42(38)32-15-5-2-6-16-32/h1-9,11-27,41H/q+1. The van der Waals surface area contributed by atoms with Gasteiger partial charge in [0.05, 0.1) is 28.4 Å². The highest BCUT2D eigenvalue weighted by Crippen LogP contribution is 2.40. The first-order chi connectivity index (χ1) is 20.8. The lowest BCUT2D eigenvalue weighted by molar-refractivity contribution is 1.10. The van der Waals surface area contributed by atoms with E-state index in [4.69, 9.17) is 0 Å². The van der Waals surface area contributed by atoms with E-state index in [9.17, 15) is 0 Å². The molecule has 2 heteroatoms. The van der Waals surface area contributed by atoms with Gasteiger partial charge in [0.25, 0.3) is 0 Å². The molecule has 42 heavy (non-hydrogen) atoms. The second-order valence-corrected chi connectivity index (χ2v) is 10.6. The molecule has 0 spiro atoms. The van der Waals surface area contributed by atoms with Gasteiger partial charge < -0.3 is 5.32 Å². The summed E-state index contributed by atoms with van der Waals surface area (Å²) >= 11 is 0. The molecular formula is C40H27N2+. The largest absolute Gasteiger partial charge is 0.355 e. The summed E-state index contributed by atoms with van der Waals surface area (Å²) in [5, 5.41) is 7.45. The summed E-state index contributed by atoms with van der Waals surface area (Å²) in [6, 6.07) is 49.7. The molecule has 196 valence electrons. The molecule has 0 unspecified atom stereocenters. The molecule has 1 N–H and O–H groups in total. The van der Waals surface area contributed by atoms with Crippen molar-refractivity contribution in [2.45, 2.75) is 0 Å². The second kappa shape index (κ2) is 10.1. The topological polar surface area (TPSA) is 17.0 Å². The first kappa shape index (κ1) is 24.1. The SMILES string of the molecule is [C+]1=Cc2c(c3c(Nc4ccc(-c5ccc6ccccc6c5-c5ccccc5)cc4)cccc3n2-c2ccccc2)C=C1. The van der Waals surface area contributed by atoms with E-state index in [0.29, 0.717) is 0 Å². The van der Waals surface area contributed by atoms with Gasteiger partial charge in [0.15, 0.2) is 5.69 Å². The van der Waals surface area contributed by atoms with Crippen molar-refractivity contribution < 1.29 is 0 Å². The van der Waals surface area contributed by atoms with E-state index >= 15 is 0 Å². The third kappa shape index (κ3) is 4.02. The fourth-order valence-electron chi connectivity index (χ4n) is 6.23. The Kier molecular flexibility index (Phi) is 5.78. The average molecular weight is 536 g/mol. The summed E-state index contributed by atoms with van der Waals surface area (Å²) in [6.07, 6.45) is 9.52. The van der Waals surface area contributed by atoms with Gasteiger partial charge in [0.1, 0.15) is 17.7 Å². The van der Waals surface area contributed by atoms with Crippen molar-refractivity contribution in [3.05, 3.63) is 163 Å². The Morgan fingerprint density at radius 3 is 2.19 bits per heavy atom. The van der Waals surface area contributed by atoms with Crippen molar-refractivity contribution in [1.82, 2.24) is 4.57 Å². The molecule has 0 amide bonds. The maximum absolute atomic E-state index is 3.73. The Hall–Kier alpha value is -5.69. The molecular weight excluding hydrogens is 508 g/mol. The molecule has 0 atom stereocenters. The fraction of sp³-hybridized carbons (Fsp3) is 0. The van der Waals surface area contributed by atoms with Gasteiger partial charge in [-0.25, -0.2) is 0 Å². The lowest BCUT2D eigenvalue weighted by atomic mass is 9.90. The monoisotopic (exact) mass is 535 g/mol. The summed E-state index contributed by atoms with van der Waals surface area (Å²) in [6.45, 7) is 0. The van der Waals surface area contributed by atoms with Crippen LogP contribution < -0.4 is 5.32 Å². The summed E-state index contributed by atoms with van der Waals surface area (Å²) in [5.74, 6) is 0. The van der Waals surface area contributed by atoms with Gasteiger partial charge in [-0.05, 0) is 69.4 Å². The quantitative estimate of drug-likeness (QED) is 0.217. The number of para-hydroxylation sites is 1. The predicted octanol–water partition coefficient (Wildman–Crippen LogP) is 10.7. The zero-order valence-corrected chi connectivity index (χ0v) is 23.0. The van der Waals surface area contributed by atoms with E-state index < -0.39 is 0 Å². The molecule has 8 rings (SSSR count). The van der Waals surface area contributed by atoms with E-state index in [1.54, 1.807) is 0 Å².